The lowest BCUT2D eigenvalue weighted by atomic mass is 10.00. The lowest BCUT2D eigenvalue weighted by Crippen LogP contribution is -2.33. The Kier molecular flexibility index (Phi) is 6.00. The van der Waals surface area contributed by atoms with Crippen molar-refractivity contribution in [3.8, 4) is 0 Å². The Balaban J connectivity index is 2.03. The summed E-state index contributed by atoms with van der Waals surface area (Å²) < 4.78 is 5.32. The fourth-order valence-electron chi connectivity index (χ4n) is 1.58. The van der Waals surface area contributed by atoms with E-state index in [2.05, 4.69) is 28.2 Å². The molecule has 1 aliphatic heterocycles. The second-order valence-corrected chi connectivity index (χ2v) is 4.64. The first kappa shape index (κ1) is 11.5. The molecule has 0 bridgehead atoms. The van der Waals surface area contributed by atoms with Crippen LogP contribution in [0.5, 0.6) is 0 Å². The molecular formula is C10H20BrNO. The maximum Gasteiger partial charge on any atom is 0.0469 e. The van der Waals surface area contributed by atoms with Gasteiger partial charge in [-0.05, 0) is 38.6 Å². The minimum Gasteiger partial charge on any atom is -0.381 e. The van der Waals surface area contributed by atoms with E-state index < -0.39 is 0 Å². The third-order valence-electron chi connectivity index (χ3n) is 2.64. The van der Waals surface area contributed by atoms with Crippen molar-refractivity contribution in [2.24, 2.45) is 5.92 Å². The number of hydrogen-bond donors (Lipinski definition) is 1. The molecule has 0 spiro atoms. The third kappa shape index (κ3) is 4.99. The van der Waals surface area contributed by atoms with Gasteiger partial charge in [0.1, 0.15) is 0 Å². The molecule has 1 rings (SSSR count). The van der Waals surface area contributed by atoms with Crippen molar-refractivity contribution in [2.75, 3.05) is 25.1 Å². The quantitative estimate of drug-likeness (QED) is 0.755. The molecule has 78 valence electrons. The van der Waals surface area contributed by atoms with E-state index in [-0.39, 0.29) is 0 Å². The minimum atomic E-state index is 0.641. The fourth-order valence-corrected chi connectivity index (χ4v) is 2.27. The maximum atomic E-state index is 5.32. The molecule has 1 N–H and O–H groups in total. The summed E-state index contributed by atoms with van der Waals surface area (Å²) >= 11 is 3.46. The predicted molar refractivity (Wildman–Crippen MR) is 59.4 cm³/mol. The van der Waals surface area contributed by atoms with Crippen molar-refractivity contribution in [1.29, 1.82) is 0 Å². The second-order valence-electron chi connectivity index (χ2n) is 3.84. The number of rotatable bonds is 5. The molecule has 1 unspecified atom stereocenters. The monoisotopic (exact) mass is 249 g/mol. The van der Waals surface area contributed by atoms with E-state index >= 15 is 0 Å². The number of nitrogens with one attached hydrogen (secondary N) is 1. The van der Waals surface area contributed by atoms with E-state index in [4.69, 9.17) is 4.74 Å². The summed E-state index contributed by atoms with van der Waals surface area (Å²) in [6, 6.07) is 0.641. The number of halogens is 1. The Morgan fingerprint density at radius 2 is 2.15 bits per heavy atom. The van der Waals surface area contributed by atoms with E-state index in [1.54, 1.807) is 0 Å². The molecule has 2 nitrogen and oxygen atoms in total. The standard InChI is InChI=1S/C10H20BrNO/c1-9(2-5-11)12-8-10-3-6-13-7-4-10/h9-10,12H,2-8H2,1H3. The van der Waals surface area contributed by atoms with E-state index in [1.807, 2.05) is 0 Å². The Bertz CT molecular complexity index is 126. The zero-order chi connectivity index (χ0) is 9.52. The van der Waals surface area contributed by atoms with Crippen LogP contribution in [0.1, 0.15) is 26.2 Å². The van der Waals surface area contributed by atoms with E-state index in [0.717, 1.165) is 31.0 Å². The molecule has 1 atom stereocenters. The van der Waals surface area contributed by atoms with Crippen LogP contribution in [0.15, 0.2) is 0 Å². The highest BCUT2D eigenvalue weighted by atomic mass is 79.9. The smallest absolute Gasteiger partial charge is 0.0469 e. The van der Waals surface area contributed by atoms with Crippen LogP contribution in [0.25, 0.3) is 0 Å². The molecular weight excluding hydrogens is 230 g/mol. The minimum absolute atomic E-state index is 0.641. The van der Waals surface area contributed by atoms with Gasteiger partial charge in [0, 0.05) is 24.6 Å². The van der Waals surface area contributed by atoms with Gasteiger partial charge in [0.15, 0.2) is 0 Å². The first-order valence-electron chi connectivity index (χ1n) is 5.20. The van der Waals surface area contributed by atoms with Crippen molar-refractivity contribution in [2.45, 2.75) is 32.2 Å². The van der Waals surface area contributed by atoms with Gasteiger partial charge in [-0.25, -0.2) is 0 Å². The van der Waals surface area contributed by atoms with Gasteiger partial charge in [-0.1, -0.05) is 15.9 Å². The molecule has 0 aromatic heterocycles. The average Bonchev–Trinajstić information content (AvgIpc) is 2.17. The topological polar surface area (TPSA) is 21.3 Å². The summed E-state index contributed by atoms with van der Waals surface area (Å²) in [4.78, 5) is 0. The molecule has 0 aliphatic carbocycles. The van der Waals surface area contributed by atoms with Crippen molar-refractivity contribution in [1.82, 2.24) is 5.32 Å². The Morgan fingerprint density at radius 3 is 2.77 bits per heavy atom. The highest BCUT2D eigenvalue weighted by Crippen LogP contribution is 2.13. The van der Waals surface area contributed by atoms with E-state index in [1.165, 1.54) is 19.3 Å². The van der Waals surface area contributed by atoms with Gasteiger partial charge in [-0.15, -0.1) is 0 Å². The lowest BCUT2D eigenvalue weighted by Gasteiger charge is -2.24. The first-order valence-corrected chi connectivity index (χ1v) is 6.32. The summed E-state index contributed by atoms with van der Waals surface area (Å²) in [6.07, 6.45) is 3.67. The average molecular weight is 250 g/mol. The fraction of sp³-hybridized carbons (Fsp3) is 1.00. The molecule has 3 heteroatoms. The maximum absolute atomic E-state index is 5.32. The molecule has 0 saturated carbocycles. The highest BCUT2D eigenvalue weighted by Gasteiger charge is 2.13. The number of alkyl halides is 1. The SMILES string of the molecule is CC(CCBr)NCC1CCOCC1. The Hall–Kier alpha value is 0.400. The molecule has 1 aliphatic rings. The van der Waals surface area contributed by atoms with Crippen LogP contribution in [-0.2, 0) is 4.74 Å². The molecule has 0 aromatic rings. The van der Waals surface area contributed by atoms with Gasteiger partial charge in [0.05, 0.1) is 0 Å². The van der Waals surface area contributed by atoms with Gasteiger partial charge in [-0.2, -0.15) is 0 Å². The summed E-state index contributed by atoms with van der Waals surface area (Å²) in [5.74, 6) is 0.839. The lowest BCUT2D eigenvalue weighted by molar-refractivity contribution is 0.0656. The van der Waals surface area contributed by atoms with Crippen molar-refractivity contribution in [3.05, 3.63) is 0 Å². The molecule has 0 amide bonds. The first-order chi connectivity index (χ1) is 6.33. The Labute approximate surface area is 89.5 Å². The van der Waals surface area contributed by atoms with Gasteiger partial charge in [-0.3, -0.25) is 0 Å². The predicted octanol–water partition coefficient (Wildman–Crippen LogP) is 2.18. The van der Waals surface area contributed by atoms with E-state index in [0.29, 0.717) is 6.04 Å². The van der Waals surface area contributed by atoms with Gasteiger partial charge < -0.3 is 10.1 Å². The van der Waals surface area contributed by atoms with Crippen molar-refractivity contribution < 1.29 is 4.74 Å². The second kappa shape index (κ2) is 6.80. The van der Waals surface area contributed by atoms with Crippen LogP contribution >= 0.6 is 15.9 Å². The van der Waals surface area contributed by atoms with Gasteiger partial charge >= 0.3 is 0 Å². The van der Waals surface area contributed by atoms with Crippen LogP contribution in [0, 0.1) is 5.92 Å². The van der Waals surface area contributed by atoms with Crippen LogP contribution in [0.2, 0.25) is 0 Å². The van der Waals surface area contributed by atoms with Crippen LogP contribution in [-0.4, -0.2) is 31.1 Å². The summed E-state index contributed by atoms with van der Waals surface area (Å²) in [5.41, 5.74) is 0. The molecule has 13 heavy (non-hydrogen) atoms. The van der Waals surface area contributed by atoms with Gasteiger partial charge in [0.25, 0.3) is 0 Å². The molecule has 1 heterocycles. The van der Waals surface area contributed by atoms with Gasteiger partial charge in [0.2, 0.25) is 0 Å². The normalized spacial score (nSPS) is 21.7. The van der Waals surface area contributed by atoms with Crippen LogP contribution < -0.4 is 5.32 Å². The number of ether oxygens (including phenoxy) is 1. The highest BCUT2D eigenvalue weighted by molar-refractivity contribution is 9.09. The summed E-state index contributed by atoms with van der Waals surface area (Å²) in [7, 11) is 0. The van der Waals surface area contributed by atoms with Crippen LogP contribution in [0.3, 0.4) is 0 Å². The molecule has 1 fully saturated rings. The largest absolute Gasteiger partial charge is 0.381 e. The van der Waals surface area contributed by atoms with E-state index in [9.17, 15) is 0 Å². The third-order valence-corrected chi connectivity index (χ3v) is 3.10. The van der Waals surface area contributed by atoms with Crippen molar-refractivity contribution in [3.63, 3.8) is 0 Å². The zero-order valence-corrected chi connectivity index (χ0v) is 9.98. The summed E-state index contributed by atoms with van der Waals surface area (Å²) in [6.45, 7) is 5.33. The molecule has 0 radical (unpaired) electrons. The van der Waals surface area contributed by atoms with Crippen LogP contribution in [0.4, 0.5) is 0 Å². The molecule has 0 aromatic carbocycles. The Morgan fingerprint density at radius 1 is 1.46 bits per heavy atom. The zero-order valence-electron chi connectivity index (χ0n) is 8.39. The number of hydrogen-bond acceptors (Lipinski definition) is 2. The molecule has 1 saturated heterocycles. The summed E-state index contributed by atoms with van der Waals surface area (Å²) in [5, 5.41) is 4.66. The van der Waals surface area contributed by atoms with Crippen molar-refractivity contribution >= 4 is 15.9 Å².